The molecule has 2 aromatic heterocycles. The highest BCUT2D eigenvalue weighted by Crippen LogP contribution is 2.51. The van der Waals surface area contributed by atoms with Crippen LogP contribution >= 0.6 is 0 Å². The summed E-state index contributed by atoms with van der Waals surface area (Å²) in [6, 6.07) is 72.6. The average molecular weight is 809 g/mol. The van der Waals surface area contributed by atoms with Crippen molar-refractivity contribution in [1.29, 1.82) is 0 Å². The number of rotatable bonds is 8. The van der Waals surface area contributed by atoms with Gasteiger partial charge in [-0.3, -0.25) is 4.79 Å². The van der Waals surface area contributed by atoms with Crippen LogP contribution in [0, 0.1) is 0 Å². The zero-order valence-electron chi connectivity index (χ0n) is 33.9. The Bertz CT molecular complexity index is 2970. The van der Waals surface area contributed by atoms with Gasteiger partial charge in [-0.15, -0.1) is 0 Å². The number of aromatic nitrogens is 6. The number of carbonyl (C=O) groups excluding carboxylic acids is 1. The van der Waals surface area contributed by atoms with Crippen LogP contribution in [0.2, 0.25) is 0 Å². The smallest absolute Gasteiger partial charge is 0.193 e. The molecule has 0 saturated heterocycles. The van der Waals surface area contributed by atoms with Crippen LogP contribution < -0.4 is 0 Å². The number of ketones is 1. The minimum Gasteiger partial charge on any atom is -0.289 e. The fourth-order valence-electron chi connectivity index (χ4n) is 8.75. The number of nitrogens with zero attached hydrogens (tertiary/aromatic N) is 6. The minimum atomic E-state index is -0.970. The molecule has 10 aromatic rings. The van der Waals surface area contributed by atoms with Gasteiger partial charge in [-0.1, -0.05) is 206 Å². The first-order chi connectivity index (χ1) is 31.1. The lowest BCUT2D eigenvalue weighted by atomic mass is 9.59. The van der Waals surface area contributed by atoms with E-state index in [9.17, 15) is 4.79 Å². The first-order valence-electron chi connectivity index (χ1n) is 20.8. The summed E-state index contributed by atoms with van der Waals surface area (Å²) in [5.74, 6) is 3.37. The molecule has 0 radical (unpaired) electrons. The van der Waals surface area contributed by atoms with Gasteiger partial charge >= 0.3 is 0 Å². The molecule has 0 fully saturated rings. The summed E-state index contributed by atoms with van der Waals surface area (Å²) in [6.45, 7) is 0. The van der Waals surface area contributed by atoms with Crippen LogP contribution in [0.3, 0.4) is 0 Å². The van der Waals surface area contributed by atoms with E-state index in [-0.39, 0.29) is 5.78 Å². The fraction of sp³-hybridized carbons (Fsp3) is 0.0179. The standard InChI is InChI=1S/C56H36N6O/c63-49-45-31-13-15-33-47(45)56(48-34-16-14-32-46(48)49,43-29-17-27-41(35-43)54-59-50(37-19-5-1-6-20-37)57-51(60-54)38-21-7-2-8-22-38)44-30-18-28-42(36-44)55-61-52(39-23-9-3-10-24-39)58-53(62-55)40-25-11-4-12-26-40/h1-36H. The van der Waals surface area contributed by atoms with Crippen LogP contribution in [-0.2, 0) is 5.41 Å². The molecule has 296 valence electrons. The highest BCUT2D eigenvalue weighted by Gasteiger charge is 2.46. The molecule has 0 amide bonds. The number of hydrogen-bond acceptors (Lipinski definition) is 7. The van der Waals surface area contributed by atoms with Gasteiger partial charge in [0.2, 0.25) is 0 Å². The van der Waals surface area contributed by atoms with Crippen LogP contribution in [0.4, 0.5) is 0 Å². The normalized spacial score (nSPS) is 12.6. The van der Waals surface area contributed by atoms with Crippen LogP contribution in [0.15, 0.2) is 218 Å². The van der Waals surface area contributed by atoms with Crippen molar-refractivity contribution in [2.75, 3.05) is 0 Å². The van der Waals surface area contributed by atoms with Crippen molar-refractivity contribution < 1.29 is 4.79 Å². The van der Waals surface area contributed by atoms with Crippen molar-refractivity contribution in [2.45, 2.75) is 5.41 Å². The maximum atomic E-state index is 14.5. The Morgan fingerprint density at radius 3 is 0.873 bits per heavy atom. The van der Waals surface area contributed by atoms with Gasteiger partial charge in [0.15, 0.2) is 40.7 Å². The Balaban J connectivity index is 1.16. The molecule has 7 nitrogen and oxygen atoms in total. The molecule has 11 rings (SSSR count). The molecule has 0 spiro atoms. The SMILES string of the molecule is O=C1c2ccccc2C(c2cccc(-c3nc(-c4ccccc4)nc(-c4ccccc4)n3)c2)(c2cccc(-c3nc(-c4ccccc4)nc(-c4ccccc4)n3)c2)c2ccccc21. The molecule has 0 unspecified atom stereocenters. The lowest BCUT2D eigenvalue weighted by molar-refractivity contribution is 0.103. The van der Waals surface area contributed by atoms with Crippen LogP contribution in [0.5, 0.6) is 0 Å². The summed E-state index contributed by atoms with van der Waals surface area (Å²) in [4.78, 5) is 44.8. The van der Waals surface area contributed by atoms with Crippen LogP contribution in [0.25, 0.3) is 68.3 Å². The summed E-state index contributed by atoms with van der Waals surface area (Å²) in [5, 5.41) is 0. The first-order valence-corrected chi connectivity index (χ1v) is 20.8. The van der Waals surface area contributed by atoms with E-state index < -0.39 is 5.41 Å². The van der Waals surface area contributed by atoms with Crippen LogP contribution in [-0.4, -0.2) is 35.7 Å². The highest BCUT2D eigenvalue weighted by atomic mass is 16.1. The highest BCUT2D eigenvalue weighted by molar-refractivity contribution is 6.14. The van der Waals surface area contributed by atoms with Crippen molar-refractivity contribution >= 4 is 5.78 Å². The summed E-state index contributed by atoms with van der Waals surface area (Å²) in [5.41, 5.74) is 9.12. The quantitative estimate of drug-likeness (QED) is 0.151. The summed E-state index contributed by atoms with van der Waals surface area (Å²) in [6.07, 6.45) is 0. The number of hydrogen-bond donors (Lipinski definition) is 0. The van der Waals surface area contributed by atoms with E-state index in [1.54, 1.807) is 0 Å². The maximum absolute atomic E-state index is 14.5. The van der Waals surface area contributed by atoms with Gasteiger partial charge in [-0.2, -0.15) is 0 Å². The van der Waals surface area contributed by atoms with Crippen molar-refractivity contribution in [3.63, 3.8) is 0 Å². The van der Waals surface area contributed by atoms with E-state index in [1.807, 2.05) is 170 Å². The summed E-state index contributed by atoms with van der Waals surface area (Å²) < 4.78 is 0. The maximum Gasteiger partial charge on any atom is 0.193 e. The largest absolute Gasteiger partial charge is 0.289 e. The van der Waals surface area contributed by atoms with Gasteiger partial charge in [0.1, 0.15) is 0 Å². The topological polar surface area (TPSA) is 94.4 Å². The molecule has 0 atom stereocenters. The molecule has 2 heterocycles. The zero-order chi connectivity index (χ0) is 42.2. The molecular formula is C56H36N6O. The molecule has 1 aliphatic carbocycles. The molecular weight excluding hydrogens is 773 g/mol. The first kappa shape index (κ1) is 37.4. The van der Waals surface area contributed by atoms with Gasteiger partial charge in [0.05, 0.1) is 5.41 Å². The summed E-state index contributed by atoms with van der Waals surface area (Å²) in [7, 11) is 0. The third-order valence-electron chi connectivity index (χ3n) is 11.7. The van der Waals surface area contributed by atoms with Crippen LogP contribution in [0.1, 0.15) is 38.2 Å². The van der Waals surface area contributed by atoms with Crippen molar-refractivity contribution in [1.82, 2.24) is 29.9 Å². The van der Waals surface area contributed by atoms with E-state index in [2.05, 4.69) is 48.5 Å². The molecule has 7 heteroatoms. The zero-order valence-corrected chi connectivity index (χ0v) is 33.9. The monoisotopic (exact) mass is 808 g/mol. The van der Waals surface area contributed by atoms with E-state index in [0.29, 0.717) is 46.1 Å². The van der Waals surface area contributed by atoms with Gasteiger partial charge in [0.25, 0.3) is 0 Å². The molecule has 1 aliphatic rings. The Morgan fingerprint density at radius 2 is 0.540 bits per heavy atom. The second kappa shape index (κ2) is 15.8. The third kappa shape index (κ3) is 6.69. The van der Waals surface area contributed by atoms with E-state index in [1.165, 1.54) is 0 Å². The molecule has 0 saturated carbocycles. The van der Waals surface area contributed by atoms with Crippen molar-refractivity contribution in [3.05, 3.63) is 252 Å². The van der Waals surface area contributed by atoms with E-state index in [0.717, 1.165) is 55.6 Å². The Morgan fingerprint density at radius 1 is 0.270 bits per heavy atom. The molecule has 63 heavy (non-hydrogen) atoms. The van der Waals surface area contributed by atoms with Crippen molar-refractivity contribution in [3.8, 4) is 68.3 Å². The summed E-state index contributed by atoms with van der Waals surface area (Å²) >= 11 is 0. The molecule has 0 N–H and O–H groups in total. The number of fused-ring (bicyclic) bond motifs is 2. The predicted octanol–water partition coefficient (Wildman–Crippen LogP) is 12.0. The van der Waals surface area contributed by atoms with Gasteiger partial charge in [0, 0.05) is 44.5 Å². The number of carbonyl (C=O) groups is 1. The minimum absolute atomic E-state index is 0.0147. The van der Waals surface area contributed by atoms with Gasteiger partial charge < -0.3 is 0 Å². The molecule has 8 aromatic carbocycles. The van der Waals surface area contributed by atoms with Crippen molar-refractivity contribution in [2.24, 2.45) is 0 Å². The van der Waals surface area contributed by atoms with E-state index in [4.69, 9.17) is 29.9 Å². The molecule has 0 aliphatic heterocycles. The number of benzene rings is 8. The predicted molar refractivity (Wildman–Crippen MR) is 248 cm³/mol. The lowest BCUT2D eigenvalue weighted by Gasteiger charge is -2.42. The Labute approximate surface area is 364 Å². The third-order valence-corrected chi connectivity index (χ3v) is 11.7. The Kier molecular flexibility index (Phi) is 9.40. The fourth-order valence-corrected chi connectivity index (χ4v) is 8.75. The average Bonchev–Trinajstić information content (AvgIpc) is 3.37. The second-order valence-corrected chi connectivity index (χ2v) is 15.4. The van der Waals surface area contributed by atoms with E-state index >= 15 is 0 Å². The second-order valence-electron chi connectivity index (χ2n) is 15.4. The van der Waals surface area contributed by atoms with Gasteiger partial charge in [-0.05, 0) is 34.4 Å². The Hall–Kier alpha value is -8.55. The van der Waals surface area contributed by atoms with Gasteiger partial charge in [-0.25, -0.2) is 29.9 Å². The lowest BCUT2D eigenvalue weighted by Crippen LogP contribution is -2.38. The molecule has 0 bridgehead atoms.